The Morgan fingerprint density at radius 2 is 0.758 bits per heavy atom. The molecule has 6 nitrogen and oxygen atoms in total. The minimum atomic E-state index is -0.859. The van der Waals surface area contributed by atoms with E-state index in [0.717, 1.165) is 77.0 Å². The fourth-order valence-electron chi connectivity index (χ4n) is 8.45. The highest BCUT2D eigenvalue weighted by Gasteiger charge is 2.18. The molecule has 3 N–H and O–H groups in total. The molecule has 0 heterocycles. The molecule has 0 aromatic rings. The van der Waals surface area contributed by atoms with Crippen LogP contribution in [0.3, 0.4) is 0 Å². The first kappa shape index (κ1) is 60.3. The molecule has 0 saturated carbocycles. The second kappa shape index (κ2) is 52.0. The maximum Gasteiger partial charge on any atom is 0.305 e. The van der Waals surface area contributed by atoms with Gasteiger partial charge in [-0.15, -0.1) is 0 Å². The van der Waals surface area contributed by atoms with Crippen molar-refractivity contribution in [3.8, 4) is 0 Å². The van der Waals surface area contributed by atoms with Crippen molar-refractivity contribution in [3.63, 3.8) is 0 Å². The fraction of sp³-hybridized carbons (Fsp3) is 0.893. The first-order valence-corrected chi connectivity index (χ1v) is 27.6. The number of rotatable bonds is 51. The molecular formula is C56H107NO5. The molecular weight excluding hydrogens is 767 g/mol. The van der Waals surface area contributed by atoms with E-state index in [4.69, 9.17) is 4.74 Å². The molecule has 62 heavy (non-hydrogen) atoms. The standard InChI is InChI=1S/C56H107NO5/c1-3-5-7-9-11-13-15-17-19-20-21-22-23-25-30-34-38-42-46-50-56(61)62-51-47-43-39-35-31-27-26-29-33-37-41-45-49-55(60)57-53(52-58)54(59)48-44-40-36-32-28-24-18-16-14-12-10-8-6-4-2/h27,31,44,48,53-54,58-59H,3-26,28-30,32-43,45-47,49-52H2,1-2H3,(H,57,60)/b31-27-,48-44+. The third-order valence-corrected chi connectivity index (χ3v) is 12.7. The molecule has 0 saturated heterocycles. The minimum Gasteiger partial charge on any atom is -0.466 e. The van der Waals surface area contributed by atoms with Crippen molar-refractivity contribution in [1.29, 1.82) is 0 Å². The Morgan fingerprint density at radius 1 is 0.435 bits per heavy atom. The number of ether oxygens (including phenoxy) is 1. The van der Waals surface area contributed by atoms with Crippen LogP contribution in [0.1, 0.15) is 296 Å². The SMILES string of the molecule is CCCCCCCCCCCCCC/C=C/C(O)C(CO)NC(=O)CCCCCCC/C=C\CCCCCOC(=O)CCCCCCCCCCCCCCCCCCCCC. The fourth-order valence-corrected chi connectivity index (χ4v) is 8.45. The first-order chi connectivity index (χ1) is 30.5. The van der Waals surface area contributed by atoms with Gasteiger partial charge < -0.3 is 20.3 Å². The van der Waals surface area contributed by atoms with Gasteiger partial charge in [0.25, 0.3) is 0 Å². The molecule has 2 atom stereocenters. The summed E-state index contributed by atoms with van der Waals surface area (Å²) in [4.78, 5) is 24.5. The van der Waals surface area contributed by atoms with E-state index in [1.807, 2.05) is 6.08 Å². The number of unbranched alkanes of at least 4 members (excludes halogenated alkanes) is 38. The van der Waals surface area contributed by atoms with Crippen LogP contribution in [0.15, 0.2) is 24.3 Å². The molecule has 0 aliphatic heterocycles. The Bertz CT molecular complexity index is 966. The van der Waals surface area contributed by atoms with Gasteiger partial charge in [0, 0.05) is 12.8 Å². The molecule has 2 unspecified atom stereocenters. The van der Waals surface area contributed by atoms with E-state index in [-0.39, 0.29) is 18.5 Å². The average molecular weight is 874 g/mol. The summed E-state index contributed by atoms with van der Waals surface area (Å²) in [6.07, 6.45) is 61.9. The third kappa shape index (κ3) is 47.8. The van der Waals surface area contributed by atoms with Gasteiger partial charge >= 0.3 is 5.97 Å². The van der Waals surface area contributed by atoms with Gasteiger partial charge in [-0.1, -0.05) is 244 Å². The van der Waals surface area contributed by atoms with Gasteiger partial charge in [0.2, 0.25) is 5.91 Å². The quantitative estimate of drug-likeness (QED) is 0.0321. The van der Waals surface area contributed by atoms with Crippen molar-refractivity contribution in [1.82, 2.24) is 5.32 Å². The van der Waals surface area contributed by atoms with Crippen LogP contribution in [0.2, 0.25) is 0 Å². The smallest absolute Gasteiger partial charge is 0.305 e. The molecule has 0 aliphatic carbocycles. The summed E-state index contributed by atoms with van der Waals surface area (Å²) in [5.41, 5.74) is 0. The Labute approximate surface area is 386 Å². The number of nitrogens with one attached hydrogen (secondary N) is 1. The van der Waals surface area contributed by atoms with Crippen molar-refractivity contribution in [2.75, 3.05) is 13.2 Å². The number of hydrogen-bond donors (Lipinski definition) is 3. The van der Waals surface area contributed by atoms with Crippen LogP contribution in [-0.2, 0) is 14.3 Å². The van der Waals surface area contributed by atoms with E-state index in [2.05, 4.69) is 31.3 Å². The normalized spacial score (nSPS) is 12.8. The lowest BCUT2D eigenvalue weighted by atomic mass is 10.0. The van der Waals surface area contributed by atoms with Crippen LogP contribution in [0.25, 0.3) is 0 Å². The lowest BCUT2D eigenvalue weighted by Crippen LogP contribution is -2.45. The molecule has 0 radical (unpaired) electrons. The Morgan fingerprint density at radius 3 is 1.15 bits per heavy atom. The molecule has 0 bridgehead atoms. The Balaban J connectivity index is 3.49. The second-order valence-electron chi connectivity index (χ2n) is 18.9. The van der Waals surface area contributed by atoms with E-state index >= 15 is 0 Å². The van der Waals surface area contributed by atoms with Crippen LogP contribution in [0, 0.1) is 0 Å². The van der Waals surface area contributed by atoms with Gasteiger partial charge in [0.15, 0.2) is 0 Å². The van der Waals surface area contributed by atoms with Crippen LogP contribution in [0.5, 0.6) is 0 Å². The van der Waals surface area contributed by atoms with Crippen LogP contribution >= 0.6 is 0 Å². The number of aliphatic hydroxyl groups is 2. The van der Waals surface area contributed by atoms with Crippen LogP contribution < -0.4 is 5.32 Å². The lowest BCUT2D eigenvalue weighted by Gasteiger charge is -2.20. The van der Waals surface area contributed by atoms with Crippen molar-refractivity contribution >= 4 is 11.9 Å². The number of hydrogen-bond acceptors (Lipinski definition) is 5. The number of carbonyl (C=O) groups is 2. The van der Waals surface area contributed by atoms with Gasteiger partial charge in [0.05, 0.1) is 25.4 Å². The lowest BCUT2D eigenvalue weighted by molar-refractivity contribution is -0.143. The highest BCUT2D eigenvalue weighted by Crippen LogP contribution is 2.16. The molecule has 0 aromatic carbocycles. The predicted octanol–water partition coefficient (Wildman–Crippen LogP) is 16.7. The van der Waals surface area contributed by atoms with Crippen molar-refractivity contribution in [3.05, 3.63) is 24.3 Å². The third-order valence-electron chi connectivity index (χ3n) is 12.7. The van der Waals surface area contributed by atoms with E-state index in [9.17, 15) is 19.8 Å². The summed E-state index contributed by atoms with van der Waals surface area (Å²) < 4.78 is 5.46. The molecule has 1 amide bonds. The van der Waals surface area contributed by atoms with Crippen LogP contribution in [-0.4, -0.2) is 47.4 Å². The van der Waals surface area contributed by atoms with Gasteiger partial charge in [-0.05, 0) is 64.2 Å². The molecule has 6 heteroatoms. The highest BCUT2D eigenvalue weighted by atomic mass is 16.5. The van der Waals surface area contributed by atoms with E-state index in [1.54, 1.807) is 6.08 Å². The van der Waals surface area contributed by atoms with Crippen LogP contribution in [0.4, 0.5) is 0 Å². The van der Waals surface area contributed by atoms with Gasteiger partial charge in [-0.25, -0.2) is 0 Å². The monoisotopic (exact) mass is 874 g/mol. The first-order valence-electron chi connectivity index (χ1n) is 27.6. The highest BCUT2D eigenvalue weighted by molar-refractivity contribution is 5.76. The van der Waals surface area contributed by atoms with Crippen molar-refractivity contribution < 1.29 is 24.5 Å². The summed E-state index contributed by atoms with van der Waals surface area (Å²) in [5.74, 6) is -0.113. The predicted molar refractivity (Wildman–Crippen MR) is 269 cm³/mol. The summed E-state index contributed by atoms with van der Waals surface area (Å²) in [6.45, 7) is 4.85. The average Bonchev–Trinajstić information content (AvgIpc) is 3.27. The van der Waals surface area contributed by atoms with Gasteiger partial charge in [-0.2, -0.15) is 0 Å². The van der Waals surface area contributed by atoms with Gasteiger partial charge in [0.1, 0.15) is 0 Å². The summed E-state index contributed by atoms with van der Waals surface area (Å²) in [7, 11) is 0. The molecule has 0 rings (SSSR count). The molecule has 0 aliphatic rings. The zero-order valence-corrected chi connectivity index (χ0v) is 41.6. The largest absolute Gasteiger partial charge is 0.466 e. The van der Waals surface area contributed by atoms with E-state index in [1.165, 1.54) is 193 Å². The molecule has 0 fully saturated rings. The number of aliphatic hydroxyl groups excluding tert-OH is 2. The maximum atomic E-state index is 12.4. The van der Waals surface area contributed by atoms with E-state index < -0.39 is 12.1 Å². The molecule has 0 aromatic heterocycles. The number of allylic oxidation sites excluding steroid dienone is 3. The van der Waals surface area contributed by atoms with Crippen molar-refractivity contribution in [2.45, 2.75) is 309 Å². The Kier molecular flexibility index (Phi) is 50.6. The van der Waals surface area contributed by atoms with E-state index in [0.29, 0.717) is 19.4 Å². The minimum absolute atomic E-state index is 0.0197. The number of amides is 1. The zero-order valence-electron chi connectivity index (χ0n) is 41.6. The topological polar surface area (TPSA) is 95.9 Å². The molecule has 0 spiro atoms. The number of esters is 1. The summed E-state index contributed by atoms with van der Waals surface area (Å²) in [6, 6.07) is -0.645. The van der Waals surface area contributed by atoms with Crippen molar-refractivity contribution in [2.24, 2.45) is 0 Å². The Hall–Kier alpha value is -1.66. The second-order valence-corrected chi connectivity index (χ2v) is 18.9. The molecule has 366 valence electrons. The summed E-state index contributed by atoms with van der Waals surface area (Å²) >= 11 is 0. The maximum absolute atomic E-state index is 12.4. The summed E-state index contributed by atoms with van der Waals surface area (Å²) in [5, 5.41) is 23.0. The zero-order chi connectivity index (χ0) is 45.1. The van der Waals surface area contributed by atoms with Gasteiger partial charge in [-0.3, -0.25) is 9.59 Å². The number of carbonyl (C=O) groups excluding carboxylic acids is 2.